The zero-order chi connectivity index (χ0) is 13.6. The lowest BCUT2D eigenvalue weighted by Crippen LogP contribution is -2.32. The maximum absolute atomic E-state index is 11.9. The van der Waals surface area contributed by atoms with Crippen LogP contribution < -0.4 is 10.0 Å². The molecule has 0 atom stereocenters. The van der Waals surface area contributed by atoms with Crippen LogP contribution in [0.4, 0.5) is 0 Å². The van der Waals surface area contributed by atoms with E-state index < -0.39 is 10.0 Å². The molecule has 0 amide bonds. The Morgan fingerprint density at radius 1 is 1.28 bits per heavy atom. The van der Waals surface area contributed by atoms with Crippen LogP contribution in [-0.4, -0.2) is 28.1 Å². The summed E-state index contributed by atoms with van der Waals surface area (Å²) in [5.74, 6) is 0. The van der Waals surface area contributed by atoms with Crippen molar-refractivity contribution in [3.05, 3.63) is 27.7 Å². The van der Waals surface area contributed by atoms with Gasteiger partial charge in [0.2, 0.25) is 10.0 Å². The number of benzene rings is 1. The van der Waals surface area contributed by atoms with E-state index >= 15 is 0 Å². The first-order valence-electron chi connectivity index (χ1n) is 5.63. The molecule has 0 saturated carbocycles. The van der Waals surface area contributed by atoms with Gasteiger partial charge < -0.3 is 5.32 Å². The van der Waals surface area contributed by atoms with E-state index in [1.807, 2.05) is 0 Å². The van der Waals surface area contributed by atoms with Gasteiger partial charge in [-0.05, 0) is 47.1 Å². The highest BCUT2D eigenvalue weighted by Crippen LogP contribution is 2.25. The van der Waals surface area contributed by atoms with Crippen molar-refractivity contribution < 1.29 is 8.42 Å². The van der Waals surface area contributed by atoms with Crippen LogP contribution in [0.15, 0.2) is 27.6 Å². The summed E-state index contributed by atoms with van der Waals surface area (Å²) in [4.78, 5) is 0.203. The third-order valence-corrected chi connectivity index (χ3v) is 4.89. The molecule has 1 rings (SSSR count). The minimum Gasteiger partial charge on any atom is -0.315 e. The van der Waals surface area contributed by atoms with Crippen LogP contribution in [0.1, 0.15) is 13.3 Å². The molecule has 0 unspecified atom stereocenters. The highest BCUT2D eigenvalue weighted by Gasteiger charge is 2.14. The van der Waals surface area contributed by atoms with E-state index in [1.54, 1.807) is 6.07 Å². The van der Waals surface area contributed by atoms with Crippen LogP contribution in [0.2, 0.25) is 5.02 Å². The summed E-state index contributed by atoms with van der Waals surface area (Å²) in [6, 6.07) is 4.52. The largest absolute Gasteiger partial charge is 0.315 e. The molecule has 0 saturated heterocycles. The van der Waals surface area contributed by atoms with Crippen molar-refractivity contribution in [3.63, 3.8) is 0 Å². The lowest BCUT2D eigenvalue weighted by molar-refractivity contribution is 0.575. The molecule has 1 aromatic carbocycles. The zero-order valence-corrected chi connectivity index (χ0v) is 13.2. The number of hydrogen-bond acceptors (Lipinski definition) is 3. The normalized spacial score (nSPS) is 11.7. The molecule has 0 fully saturated rings. The molecule has 0 bridgehead atoms. The first-order valence-corrected chi connectivity index (χ1v) is 8.28. The van der Waals surface area contributed by atoms with Gasteiger partial charge in [-0.15, -0.1) is 0 Å². The van der Waals surface area contributed by atoms with Crippen LogP contribution >= 0.6 is 27.5 Å². The summed E-state index contributed by atoms with van der Waals surface area (Å²) in [5.41, 5.74) is 0. The molecule has 0 aliphatic rings. The summed E-state index contributed by atoms with van der Waals surface area (Å²) in [5, 5.41) is 3.61. The Morgan fingerprint density at radius 3 is 2.61 bits per heavy atom. The quantitative estimate of drug-likeness (QED) is 0.738. The van der Waals surface area contributed by atoms with Gasteiger partial charge >= 0.3 is 0 Å². The summed E-state index contributed by atoms with van der Waals surface area (Å²) >= 11 is 9.02. The molecule has 4 nitrogen and oxygen atoms in total. The van der Waals surface area contributed by atoms with Crippen LogP contribution in [0.5, 0.6) is 0 Å². The van der Waals surface area contributed by atoms with Gasteiger partial charge in [-0.3, -0.25) is 0 Å². The number of rotatable bonds is 7. The fourth-order valence-corrected chi connectivity index (χ4v) is 3.01. The maximum atomic E-state index is 11.9. The standard InChI is InChI=1S/C11H16BrClN2O2S/c1-2-5-14-6-7-15-18(16,17)9-3-4-11(13)10(12)8-9/h3-4,8,14-15H,2,5-7H2,1H3. The van der Waals surface area contributed by atoms with Gasteiger partial charge in [0.05, 0.1) is 9.92 Å². The molecule has 18 heavy (non-hydrogen) atoms. The molecule has 0 aromatic heterocycles. The predicted molar refractivity (Wildman–Crippen MR) is 77.5 cm³/mol. The Bertz CT molecular complexity index is 494. The van der Waals surface area contributed by atoms with Gasteiger partial charge in [0.25, 0.3) is 0 Å². The van der Waals surface area contributed by atoms with Crippen molar-refractivity contribution in [2.45, 2.75) is 18.2 Å². The molecular weight excluding hydrogens is 340 g/mol. The monoisotopic (exact) mass is 354 g/mol. The smallest absolute Gasteiger partial charge is 0.240 e. The fraction of sp³-hybridized carbons (Fsp3) is 0.455. The first-order chi connectivity index (χ1) is 8.47. The third-order valence-electron chi connectivity index (χ3n) is 2.22. The van der Waals surface area contributed by atoms with Gasteiger partial charge in [0.1, 0.15) is 0 Å². The zero-order valence-electron chi connectivity index (χ0n) is 10.0. The summed E-state index contributed by atoms with van der Waals surface area (Å²) in [6.07, 6.45) is 1.02. The Hall–Kier alpha value is -0.140. The highest BCUT2D eigenvalue weighted by atomic mass is 79.9. The van der Waals surface area contributed by atoms with Crippen LogP contribution in [0, 0.1) is 0 Å². The van der Waals surface area contributed by atoms with Crippen molar-refractivity contribution in [3.8, 4) is 0 Å². The topological polar surface area (TPSA) is 58.2 Å². The Labute approximate surface area is 121 Å². The Balaban J connectivity index is 2.60. The summed E-state index contributed by atoms with van der Waals surface area (Å²) < 4.78 is 26.9. The SMILES string of the molecule is CCCNCCNS(=O)(=O)c1ccc(Cl)c(Br)c1. The summed E-state index contributed by atoms with van der Waals surface area (Å²) in [7, 11) is -3.47. The number of hydrogen-bond donors (Lipinski definition) is 2. The van der Waals surface area contributed by atoms with E-state index in [-0.39, 0.29) is 4.90 Å². The van der Waals surface area contributed by atoms with Crippen LogP contribution in [-0.2, 0) is 10.0 Å². The number of sulfonamides is 1. The second-order valence-corrected chi connectivity index (χ2v) is 6.75. The van der Waals surface area contributed by atoms with E-state index in [0.717, 1.165) is 13.0 Å². The van der Waals surface area contributed by atoms with Crippen molar-refractivity contribution in [1.29, 1.82) is 0 Å². The molecule has 0 aliphatic heterocycles. The lowest BCUT2D eigenvalue weighted by atomic mass is 10.4. The molecule has 7 heteroatoms. The van der Waals surface area contributed by atoms with E-state index in [2.05, 4.69) is 32.9 Å². The van der Waals surface area contributed by atoms with Gasteiger partial charge in [-0.25, -0.2) is 13.1 Å². The second kappa shape index (κ2) is 7.45. The Kier molecular flexibility index (Phi) is 6.59. The van der Waals surface area contributed by atoms with E-state index in [1.165, 1.54) is 12.1 Å². The van der Waals surface area contributed by atoms with Crippen molar-refractivity contribution in [1.82, 2.24) is 10.0 Å². The highest BCUT2D eigenvalue weighted by molar-refractivity contribution is 9.10. The van der Waals surface area contributed by atoms with Gasteiger partial charge in [-0.1, -0.05) is 18.5 Å². The van der Waals surface area contributed by atoms with E-state index in [4.69, 9.17) is 11.6 Å². The molecule has 0 aliphatic carbocycles. The summed E-state index contributed by atoms with van der Waals surface area (Å²) in [6.45, 7) is 3.92. The molecular formula is C11H16BrClN2O2S. The maximum Gasteiger partial charge on any atom is 0.240 e. The van der Waals surface area contributed by atoms with Crippen molar-refractivity contribution in [2.75, 3.05) is 19.6 Å². The Morgan fingerprint density at radius 2 is 2.00 bits per heavy atom. The molecule has 2 N–H and O–H groups in total. The molecule has 0 heterocycles. The third kappa shape index (κ3) is 4.85. The molecule has 1 aromatic rings. The van der Waals surface area contributed by atoms with Gasteiger partial charge in [0, 0.05) is 17.6 Å². The van der Waals surface area contributed by atoms with Gasteiger partial charge in [-0.2, -0.15) is 0 Å². The average molecular weight is 356 g/mol. The average Bonchev–Trinajstić information content (AvgIpc) is 2.32. The fourth-order valence-electron chi connectivity index (χ4n) is 1.30. The molecule has 0 radical (unpaired) electrons. The second-order valence-electron chi connectivity index (χ2n) is 3.72. The molecule has 102 valence electrons. The predicted octanol–water partition coefficient (Wildman–Crippen LogP) is 2.38. The van der Waals surface area contributed by atoms with Crippen molar-refractivity contribution >= 4 is 37.6 Å². The number of nitrogens with one attached hydrogen (secondary N) is 2. The van der Waals surface area contributed by atoms with Crippen molar-refractivity contribution in [2.24, 2.45) is 0 Å². The van der Waals surface area contributed by atoms with E-state index in [0.29, 0.717) is 22.6 Å². The van der Waals surface area contributed by atoms with Crippen LogP contribution in [0.25, 0.3) is 0 Å². The van der Waals surface area contributed by atoms with Crippen LogP contribution in [0.3, 0.4) is 0 Å². The van der Waals surface area contributed by atoms with E-state index in [9.17, 15) is 8.42 Å². The number of halogens is 2. The minimum absolute atomic E-state index is 0.203. The molecule has 0 spiro atoms. The first kappa shape index (κ1) is 15.9. The van der Waals surface area contributed by atoms with Gasteiger partial charge in [0.15, 0.2) is 0 Å². The minimum atomic E-state index is -3.47. The lowest BCUT2D eigenvalue weighted by Gasteiger charge is -2.08.